The predicted octanol–water partition coefficient (Wildman–Crippen LogP) is 3.91. The van der Waals surface area contributed by atoms with Crippen molar-refractivity contribution in [3.8, 4) is 34.1 Å². The predicted molar refractivity (Wildman–Crippen MR) is 98.9 cm³/mol. The van der Waals surface area contributed by atoms with Gasteiger partial charge in [-0.3, -0.25) is 0 Å². The van der Waals surface area contributed by atoms with E-state index in [9.17, 15) is 15.0 Å². The van der Waals surface area contributed by atoms with Crippen LogP contribution in [0.5, 0.6) is 23.0 Å². The van der Waals surface area contributed by atoms with Crippen LogP contribution in [0.1, 0.15) is 35.3 Å². The Hall–Kier alpha value is -2.89. The zero-order valence-corrected chi connectivity index (χ0v) is 15.7. The first-order valence-corrected chi connectivity index (χ1v) is 8.43. The van der Waals surface area contributed by atoms with Gasteiger partial charge >= 0.3 is 5.97 Å². The highest BCUT2D eigenvalue weighted by Gasteiger charge is 2.27. The number of ether oxygens (including phenoxy) is 3. The molecule has 0 heterocycles. The Bertz CT molecular complexity index is 826. The van der Waals surface area contributed by atoms with Crippen LogP contribution in [-0.2, 0) is 12.8 Å². The minimum atomic E-state index is -1.17. The molecular weight excluding hydrogens is 336 g/mol. The number of rotatable bonds is 4. The van der Waals surface area contributed by atoms with Crippen LogP contribution in [-0.4, -0.2) is 37.5 Å². The molecule has 0 aliphatic heterocycles. The summed E-state index contributed by atoms with van der Waals surface area (Å²) in [4.78, 5) is 11.3. The fraction of sp³-hybridized carbons (Fsp3) is 0.350. The highest BCUT2D eigenvalue weighted by molar-refractivity contribution is 5.94. The number of aryl methyl sites for hydroxylation is 1. The maximum absolute atomic E-state index is 11.3. The van der Waals surface area contributed by atoms with E-state index in [0.29, 0.717) is 30.1 Å². The molecule has 0 saturated carbocycles. The summed E-state index contributed by atoms with van der Waals surface area (Å²) in [5.74, 6) is 0.208. The lowest BCUT2D eigenvalue weighted by molar-refractivity contribution is 0.0693. The molecule has 0 bridgehead atoms. The van der Waals surface area contributed by atoms with Crippen molar-refractivity contribution in [2.75, 3.05) is 21.3 Å². The minimum Gasteiger partial charge on any atom is -0.507 e. The number of carboxylic acids is 1. The van der Waals surface area contributed by atoms with Gasteiger partial charge < -0.3 is 24.4 Å². The van der Waals surface area contributed by atoms with Gasteiger partial charge in [-0.05, 0) is 47.7 Å². The number of fused-ring (bicyclic) bond motifs is 3. The highest BCUT2D eigenvalue weighted by Crippen LogP contribution is 2.49. The molecule has 1 aliphatic rings. The Morgan fingerprint density at radius 3 is 2.12 bits per heavy atom. The van der Waals surface area contributed by atoms with Gasteiger partial charge in [-0.25, -0.2) is 4.79 Å². The van der Waals surface area contributed by atoms with Crippen LogP contribution >= 0.6 is 0 Å². The topological polar surface area (TPSA) is 85.2 Å². The maximum atomic E-state index is 11.3. The molecule has 140 valence electrons. The number of carboxylic acid groups (broad SMARTS) is 1. The first-order valence-electron chi connectivity index (χ1n) is 8.43. The van der Waals surface area contributed by atoms with Gasteiger partial charge in [0.15, 0.2) is 11.5 Å². The normalized spacial score (nSPS) is 11.4. The largest absolute Gasteiger partial charge is 0.507 e. The maximum Gasteiger partial charge on any atom is 0.339 e. The van der Waals surface area contributed by atoms with Crippen LogP contribution in [0.3, 0.4) is 0 Å². The molecule has 0 spiro atoms. The van der Waals surface area contributed by atoms with Crippen LogP contribution in [0.4, 0.5) is 0 Å². The molecule has 0 fully saturated rings. The van der Waals surface area contributed by atoms with Crippen molar-refractivity contribution in [1.29, 1.82) is 0 Å². The molecule has 1 aliphatic carbocycles. The Morgan fingerprint density at radius 2 is 1.58 bits per heavy atom. The number of phenols is 1. The number of hydrogen-bond donors (Lipinski definition) is 2. The summed E-state index contributed by atoms with van der Waals surface area (Å²) in [5.41, 5.74) is 3.28. The van der Waals surface area contributed by atoms with E-state index in [4.69, 9.17) is 14.2 Å². The average molecular weight is 360 g/mol. The van der Waals surface area contributed by atoms with Crippen LogP contribution in [0.25, 0.3) is 11.1 Å². The number of aromatic hydroxyl groups is 1. The summed E-state index contributed by atoms with van der Waals surface area (Å²) in [6, 6.07) is 4.83. The standard InChI is InChI=1S/C18H18O6.C2H6/c1-22-15-8-12-10(16(23-2)17(15)24-3)5-4-9-6-14(19)13(18(20)21)7-11(9)12;1-2/h6-8,19H,4-5H2,1-3H3,(H,20,21);1-2H3. The van der Waals surface area contributed by atoms with E-state index in [2.05, 4.69) is 0 Å². The Morgan fingerprint density at radius 1 is 0.923 bits per heavy atom. The molecule has 0 radical (unpaired) electrons. The third kappa shape index (κ3) is 3.14. The molecule has 0 saturated heterocycles. The number of benzene rings is 2. The van der Waals surface area contributed by atoms with Gasteiger partial charge in [0, 0.05) is 5.56 Å². The molecule has 2 N–H and O–H groups in total. The molecule has 2 aromatic carbocycles. The van der Waals surface area contributed by atoms with Gasteiger partial charge in [0.05, 0.1) is 21.3 Å². The lowest BCUT2D eigenvalue weighted by Crippen LogP contribution is -2.09. The summed E-state index contributed by atoms with van der Waals surface area (Å²) in [6.07, 6.45) is 1.36. The van der Waals surface area contributed by atoms with Crippen molar-refractivity contribution in [2.24, 2.45) is 0 Å². The molecule has 0 aromatic heterocycles. The SMILES string of the molecule is CC.COc1cc2c(c(OC)c1OC)CCc1cc(O)c(C(=O)O)cc1-2. The summed E-state index contributed by atoms with van der Waals surface area (Å²) >= 11 is 0. The van der Waals surface area contributed by atoms with Gasteiger partial charge in [-0.15, -0.1) is 0 Å². The highest BCUT2D eigenvalue weighted by atomic mass is 16.5. The van der Waals surface area contributed by atoms with E-state index in [1.165, 1.54) is 19.2 Å². The molecule has 0 amide bonds. The van der Waals surface area contributed by atoms with Crippen molar-refractivity contribution < 1.29 is 29.2 Å². The second kappa shape index (κ2) is 7.99. The van der Waals surface area contributed by atoms with Crippen molar-refractivity contribution in [2.45, 2.75) is 26.7 Å². The number of carbonyl (C=O) groups is 1. The van der Waals surface area contributed by atoms with Crippen LogP contribution in [0.2, 0.25) is 0 Å². The second-order valence-corrected chi connectivity index (χ2v) is 5.50. The smallest absolute Gasteiger partial charge is 0.339 e. The third-order valence-corrected chi connectivity index (χ3v) is 4.32. The van der Waals surface area contributed by atoms with Gasteiger partial charge in [-0.1, -0.05) is 13.8 Å². The fourth-order valence-electron chi connectivity index (χ4n) is 3.22. The van der Waals surface area contributed by atoms with Crippen molar-refractivity contribution in [3.05, 3.63) is 34.9 Å². The number of methoxy groups -OCH3 is 3. The molecule has 6 nitrogen and oxygen atoms in total. The molecule has 0 unspecified atom stereocenters. The lowest BCUT2D eigenvalue weighted by atomic mass is 9.83. The number of hydrogen-bond acceptors (Lipinski definition) is 5. The monoisotopic (exact) mass is 360 g/mol. The van der Waals surface area contributed by atoms with E-state index in [1.54, 1.807) is 14.2 Å². The fourth-order valence-corrected chi connectivity index (χ4v) is 3.22. The molecule has 2 aromatic rings. The summed E-state index contributed by atoms with van der Waals surface area (Å²) in [6.45, 7) is 4.00. The van der Waals surface area contributed by atoms with E-state index in [0.717, 1.165) is 22.3 Å². The number of aromatic carboxylic acids is 1. The van der Waals surface area contributed by atoms with Gasteiger partial charge in [-0.2, -0.15) is 0 Å². The van der Waals surface area contributed by atoms with E-state index < -0.39 is 5.97 Å². The van der Waals surface area contributed by atoms with Crippen molar-refractivity contribution in [1.82, 2.24) is 0 Å². The van der Waals surface area contributed by atoms with Gasteiger partial charge in [0.2, 0.25) is 5.75 Å². The van der Waals surface area contributed by atoms with Crippen LogP contribution in [0.15, 0.2) is 18.2 Å². The first-order chi connectivity index (χ1) is 12.5. The van der Waals surface area contributed by atoms with E-state index >= 15 is 0 Å². The Balaban J connectivity index is 0.00000117. The quantitative estimate of drug-likeness (QED) is 0.860. The summed E-state index contributed by atoms with van der Waals surface area (Å²) in [5, 5.41) is 19.2. The first kappa shape index (κ1) is 19.4. The van der Waals surface area contributed by atoms with E-state index in [-0.39, 0.29) is 11.3 Å². The minimum absolute atomic E-state index is 0.129. The summed E-state index contributed by atoms with van der Waals surface area (Å²) in [7, 11) is 4.64. The van der Waals surface area contributed by atoms with Gasteiger partial charge in [0.25, 0.3) is 0 Å². The zero-order chi connectivity index (χ0) is 19.4. The van der Waals surface area contributed by atoms with Crippen LogP contribution in [0, 0.1) is 0 Å². The zero-order valence-electron chi connectivity index (χ0n) is 15.7. The molecule has 3 rings (SSSR count). The van der Waals surface area contributed by atoms with Gasteiger partial charge in [0.1, 0.15) is 11.3 Å². The van der Waals surface area contributed by atoms with E-state index in [1.807, 2.05) is 19.9 Å². The Labute approximate surface area is 152 Å². The van der Waals surface area contributed by atoms with Crippen molar-refractivity contribution >= 4 is 5.97 Å². The molecule has 6 heteroatoms. The lowest BCUT2D eigenvalue weighted by Gasteiger charge is -2.25. The summed E-state index contributed by atoms with van der Waals surface area (Å²) < 4.78 is 16.3. The molecular formula is C20H24O6. The average Bonchev–Trinajstić information content (AvgIpc) is 2.66. The second-order valence-electron chi connectivity index (χ2n) is 5.50. The van der Waals surface area contributed by atoms with Crippen LogP contribution < -0.4 is 14.2 Å². The Kier molecular flexibility index (Phi) is 5.97. The molecule has 26 heavy (non-hydrogen) atoms. The third-order valence-electron chi connectivity index (χ3n) is 4.32. The molecule has 0 atom stereocenters. The van der Waals surface area contributed by atoms with Crippen molar-refractivity contribution in [3.63, 3.8) is 0 Å².